The van der Waals surface area contributed by atoms with Gasteiger partial charge >= 0.3 is 5.69 Å². The maximum atomic E-state index is 11.8. The van der Waals surface area contributed by atoms with E-state index in [4.69, 9.17) is 0 Å². The Labute approximate surface area is 114 Å². The maximum absolute atomic E-state index is 11.8. The van der Waals surface area contributed by atoms with E-state index in [2.05, 4.69) is 20.4 Å². The van der Waals surface area contributed by atoms with E-state index in [-0.39, 0.29) is 5.69 Å². The predicted molar refractivity (Wildman–Crippen MR) is 74.6 cm³/mol. The first-order chi connectivity index (χ1) is 9.60. The Bertz CT molecular complexity index is 826. The summed E-state index contributed by atoms with van der Waals surface area (Å²) in [7, 11) is 5.34. The van der Waals surface area contributed by atoms with Crippen LogP contribution in [-0.4, -0.2) is 35.9 Å². The fourth-order valence-electron chi connectivity index (χ4n) is 2.11. The van der Waals surface area contributed by atoms with Gasteiger partial charge < -0.3 is 9.88 Å². The molecule has 1 N–H and O–H groups in total. The zero-order chi connectivity index (χ0) is 14.3. The number of aromatic nitrogens is 6. The van der Waals surface area contributed by atoms with Crippen molar-refractivity contribution in [3.05, 3.63) is 34.9 Å². The van der Waals surface area contributed by atoms with Gasteiger partial charge in [0.25, 0.3) is 0 Å². The molecule has 0 aliphatic heterocycles. The highest BCUT2D eigenvalue weighted by atomic mass is 16.1. The Hall–Kier alpha value is -2.64. The molecule has 20 heavy (non-hydrogen) atoms. The minimum Gasteiger partial charge on any atom is -0.372 e. The maximum Gasteiger partial charge on any atom is 0.328 e. The highest BCUT2D eigenvalue weighted by molar-refractivity contribution is 5.86. The third-order valence-corrected chi connectivity index (χ3v) is 3.20. The summed E-state index contributed by atoms with van der Waals surface area (Å²) in [5.74, 6) is 1.28. The molecule has 8 heteroatoms. The number of imidazole rings is 1. The average molecular weight is 273 g/mol. The van der Waals surface area contributed by atoms with Crippen LogP contribution in [0.1, 0.15) is 5.82 Å². The Morgan fingerprint density at radius 3 is 2.70 bits per heavy atom. The van der Waals surface area contributed by atoms with Crippen molar-refractivity contribution < 1.29 is 0 Å². The summed E-state index contributed by atoms with van der Waals surface area (Å²) in [6.07, 6.45) is 5.15. The number of fused-ring (bicyclic) bond motifs is 1. The van der Waals surface area contributed by atoms with Crippen molar-refractivity contribution in [2.24, 2.45) is 14.1 Å². The minimum absolute atomic E-state index is 0.0929. The summed E-state index contributed by atoms with van der Waals surface area (Å²) in [4.78, 5) is 20.7. The Morgan fingerprint density at radius 1 is 1.25 bits per heavy atom. The minimum atomic E-state index is -0.0929. The van der Waals surface area contributed by atoms with Gasteiger partial charge in [-0.05, 0) is 0 Å². The first-order valence-electron chi connectivity index (χ1n) is 6.18. The molecule has 0 unspecified atom stereocenters. The van der Waals surface area contributed by atoms with E-state index in [1.807, 2.05) is 7.05 Å². The number of nitrogens with zero attached hydrogens (tertiary/aromatic N) is 6. The first-order valence-corrected chi connectivity index (χ1v) is 6.18. The van der Waals surface area contributed by atoms with Crippen molar-refractivity contribution in [3.63, 3.8) is 0 Å². The molecule has 104 valence electrons. The molecule has 0 aromatic carbocycles. The highest BCUT2D eigenvalue weighted by Gasteiger charge is 2.11. The molecule has 3 aromatic rings. The SMILES string of the molecule is CNc1nc(Cn2ccn(C)c2=O)nc2c1cnn2C. The monoisotopic (exact) mass is 273 g/mol. The lowest BCUT2D eigenvalue weighted by Gasteiger charge is -2.06. The average Bonchev–Trinajstić information content (AvgIpc) is 2.96. The molecular weight excluding hydrogens is 258 g/mol. The zero-order valence-corrected chi connectivity index (χ0v) is 11.5. The summed E-state index contributed by atoms with van der Waals surface area (Å²) in [6, 6.07) is 0. The lowest BCUT2D eigenvalue weighted by atomic mass is 10.4. The lowest BCUT2D eigenvalue weighted by molar-refractivity contribution is 0.686. The Kier molecular flexibility index (Phi) is 2.78. The third kappa shape index (κ3) is 1.85. The predicted octanol–water partition coefficient (Wildman–Crippen LogP) is -0.0465. The van der Waals surface area contributed by atoms with Gasteiger partial charge in [-0.15, -0.1) is 0 Å². The van der Waals surface area contributed by atoms with E-state index in [0.29, 0.717) is 18.2 Å². The van der Waals surface area contributed by atoms with Gasteiger partial charge in [-0.25, -0.2) is 14.8 Å². The van der Waals surface area contributed by atoms with E-state index in [9.17, 15) is 4.79 Å². The molecule has 0 saturated heterocycles. The van der Waals surface area contributed by atoms with Gasteiger partial charge in [0.05, 0.1) is 18.1 Å². The second-order valence-corrected chi connectivity index (χ2v) is 4.56. The van der Waals surface area contributed by atoms with Crippen LogP contribution in [0.15, 0.2) is 23.4 Å². The number of hydrogen-bond acceptors (Lipinski definition) is 5. The molecule has 0 radical (unpaired) electrons. The molecule has 3 heterocycles. The summed E-state index contributed by atoms with van der Waals surface area (Å²) >= 11 is 0. The van der Waals surface area contributed by atoms with Crippen LogP contribution in [0.2, 0.25) is 0 Å². The molecule has 8 nitrogen and oxygen atoms in total. The van der Waals surface area contributed by atoms with Crippen LogP contribution >= 0.6 is 0 Å². The van der Waals surface area contributed by atoms with E-state index in [1.165, 1.54) is 4.57 Å². The number of aryl methyl sites for hydroxylation is 2. The molecule has 0 amide bonds. The van der Waals surface area contributed by atoms with Crippen LogP contribution < -0.4 is 11.0 Å². The fraction of sp³-hybridized carbons (Fsp3) is 0.333. The molecule has 0 spiro atoms. The fourth-order valence-corrected chi connectivity index (χ4v) is 2.11. The van der Waals surface area contributed by atoms with Crippen LogP contribution in [-0.2, 0) is 20.6 Å². The van der Waals surface area contributed by atoms with Crippen molar-refractivity contribution >= 4 is 16.9 Å². The van der Waals surface area contributed by atoms with Crippen molar-refractivity contribution in [2.45, 2.75) is 6.54 Å². The molecule has 0 saturated carbocycles. The standard InChI is InChI=1S/C12H15N7O/c1-13-10-8-6-14-18(3)11(8)16-9(15-10)7-19-5-4-17(2)12(19)20/h4-6H,7H2,1-3H3,(H,13,15,16). The van der Waals surface area contributed by atoms with Crippen molar-refractivity contribution in [2.75, 3.05) is 12.4 Å². The normalized spacial score (nSPS) is 11.2. The largest absolute Gasteiger partial charge is 0.372 e. The van der Waals surface area contributed by atoms with E-state index >= 15 is 0 Å². The van der Waals surface area contributed by atoms with Crippen LogP contribution in [0, 0.1) is 0 Å². The molecule has 3 rings (SSSR count). The summed E-state index contributed by atoms with van der Waals surface area (Å²) in [6.45, 7) is 0.329. The number of anilines is 1. The van der Waals surface area contributed by atoms with Gasteiger partial charge in [-0.1, -0.05) is 0 Å². The van der Waals surface area contributed by atoms with Gasteiger partial charge in [0.2, 0.25) is 0 Å². The summed E-state index contributed by atoms with van der Waals surface area (Å²) < 4.78 is 4.77. The highest BCUT2D eigenvalue weighted by Crippen LogP contribution is 2.18. The zero-order valence-electron chi connectivity index (χ0n) is 11.5. The van der Waals surface area contributed by atoms with Crippen LogP contribution in [0.4, 0.5) is 5.82 Å². The Morgan fingerprint density at radius 2 is 2.05 bits per heavy atom. The quantitative estimate of drug-likeness (QED) is 0.723. The second kappa shape index (κ2) is 4.48. The first kappa shape index (κ1) is 12.4. The Balaban J connectivity index is 2.10. The van der Waals surface area contributed by atoms with Gasteiger partial charge in [0, 0.05) is 33.5 Å². The van der Waals surface area contributed by atoms with Crippen molar-refractivity contribution in [1.82, 2.24) is 28.9 Å². The van der Waals surface area contributed by atoms with Gasteiger partial charge in [0.1, 0.15) is 5.82 Å². The lowest BCUT2D eigenvalue weighted by Crippen LogP contribution is -2.23. The van der Waals surface area contributed by atoms with Crippen LogP contribution in [0.5, 0.6) is 0 Å². The number of nitrogens with one attached hydrogen (secondary N) is 1. The van der Waals surface area contributed by atoms with E-state index in [1.54, 1.807) is 41.9 Å². The van der Waals surface area contributed by atoms with E-state index in [0.717, 1.165) is 11.0 Å². The molecule has 0 fully saturated rings. The summed E-state index contributed by atoms with van der Waals surface area (Å²) in [5, 5.41) is 8.07. The van der Waals surface area contributed by atoms with Gasteiger partial charge in [-0.2, -0.15) is 5.10 Å². The van der Waals surface area contributed by atoms with Crippen LogP contribution in [0.3, 0.4) is 0 Å². The van der Waals surface area contributed by atoms with E-state index < -0.39 is 0 Å². The smallest absolute Gasteiger partial charge is 0.328 e. The number of rotatable bonds is 3. The van der Waals surface area contributed by atoms with Crippen LogP contribution in [0.25, 0.3) is 11.0 Å². The van der Waals surface area contributed by atoms with Crippen molar-refractivity contribution in [1.29, 1.82) is 0 Å². The van der Waals surface area contributed by atoms with Crippen molar-refractivity contribution in [3.8, 4) is 0 Å². The number of hydrogen-bond donors (Lipinski definition) is 1. The second-order valence-electron chi connectivity index (χ2n) is 4.56. The van der Waals surface area contributed by atoms with Gasteiger partial charge in [-0.3, -0.25) is 9.25 Å². The molecule has 0 bridgehead atoms. The molecule has 0 aliphatic carbocycles. The molecule has 0 aliphatic rings. The molecule has 0 atom stereocenters. The molecular formula is C12H15N7O. The van der Waals surface area contributed by atoms with Gasteiger partial charge in [0.15, 0.2) is 11.5 Å². The summed E-state index contributed by atoms with van der Waals surface area (Å²) in [5.41, 5.74) is 0.646. The third-order valence-electron chi connectivity index (χ3n) is 3.20. The topological polar surface area (TPSA) is 82.6 Å². The molecule has 3 aromatic heterocycles.